The van der Waals surface area contributed by atoms with Gasteiger partial charge in [0.1, 0.15) is 11.6 Å². The largest absolute Gasteiger partial charge is 0.497 e. The third kappa shape index (κ3) is 5.55. The van der Waals surface area contributed by atoms with Gasteiger partial charge in [0, 0.05) is 42.6 Å². The zero-order valence-electron chi connectivity index (χ0n) is 20.4. The van der Waals surface area contributed by atoms with Crippen LogP contribution in [0.2, 0.25) is 0 Å². The molecule has 0 atom stereocenters. The smallest absolute Gasteiger partial charge is 0.219 e. The summed E-state index contributed by atoms with van der Waals surface area (Å²) in [5.74, 6) is 3.71. The summed E-state index contributed by atoms with van der Waals surface area (Å²) >= 11 is 1.84. The van der Waals surface area contributed by atoms with Crippen LogP contribution in [0.5, 0.6) is 5.75 Å². The molecule has 176 valence electrons. The average molecular weight is 466 g/mol. The Kier molecular flexibility index (Phi) is 7.03. The van der Waals surface area contributed by atoms with Crippen LogP contribution in [0, 0.1) is 5.92 Å². The fourth-order valence-corrected chi connectivity index (χ4v) is 5.42. The monoisotopic (exact) mass is 465 g/mol. The van der Waals surface area contributed by atoms with Crippen molar-refractivity contribution in [3.63, 3.8) is 0 Å². The molecule has 0 aliphatic carbocycles. The van der Waals surface area contributed by atoms with Gasteiger partial charge < -0.3 is 14.2 Å². The zero-order valence-corrected chi connectivity index (χ0v) is 21.2. The predicted molar refractivity (Wildman–Crippen MR) is 136 cm³/mol. The molecule has 1 aliphatic heterocycles. The van der Waals surface area contributed by atoms with Crippen LogP contribution in [-0.2, 0) is 22.5 Å². The van der Waals surface area contributed by atoms with Crippen molar-refractivity contribution in [3.8, 4) is 5.75 Å². The van der Waals surface area contributed by atoms with Crippen molar-refractivity contribution in [2.75, 3.05) is 20.2 Å². The lowest BCUT2D eigenvalue weighted by Gasteiger charge is -2.32. The van der Waals surface area contributed by atoms with Gasteiger partial charge in [-0.15, -0.1) is 11.8 Å². The molecule has 1 aromatic heterocycles. The molecule has 0 spiro atoms. The highest BCUT2D eigenvalue weighted by Gasteiger charge is 2.27. The first kappa shape index (κ1) is 23.7. The number of piperidine rings is 1. The Hall–Kier alpha value is -2.47. The number of rotatable bonds is 6. The molecule has 5 nitrogen and oxygen atoms in total. The molecule has 0 unspecified atom stereocenters. The fourth-order valence-electron chi connectivity index (χ4n) is 4.53. The minimum absolute atomic E-state index is 0.0322. The number of imidazole rings is 1. The molecule has 2 heterocycles. The van der Waals surface area contributed by atoms with Gasteiger partial charge in [-0.05, 0) is 54.7 Å². The number of aromatic nitrogens is 2. The zero-order chi connectivity index (χ0) is 23.6. The van der Waals surface area contributed by atoms with E-state index in [0.29, 0.717) is 5.92 Å². The Labute approximate surface area is 201 Å². The summed E-state index contributed by atoms with van der Waals surface area (Å²) in [6, 6.07) is 14.9. The molecule has 0 N–H and O–H groups in total. The third-order valence-corrected chi connectivity index (χ3v) is 7.52. The highest BCUT2D eigenvalue weighted by atomic mass is 32.2. The number of hydrogen-bond acceptors (Lipinski definition) is 4. The molecule has 1 fully saturated rings. The lowest BCUT2D eigenvalue weighted by atomic mass is 9.93. The second-order valence-corrected chi connectivity index (χ2v) is 11.1. The summed E-state index contributed by atoms with van der Waals surface area (Å²) in [5, 5.41) is 0. The molecular weight excluding hydrogens is 430 g/mol. The molecule has 0 bridgehead atoms. The highest BCUT2D eigenvalue weighted by Crippen LogP contribution is 2.32. The Balaban J connectivity index is 1.53. The normalized spacial score (nSPS) is 15.2. The summed E-state index contributed by atoms with van der Waals surface area (Å²) in [4.78, 5) is 20.0. The van der Waals surface area contributed by atoms with Crippen molar-refractivity contribution in [1.29, 1.82) is 0 Å². The molecule has 1 amide bonds. The number of thioether (sulfide) groups is 1. The van der Waals surface area contributed by atoms with Gasteiger partial charge in [-0.1, -0.05) is 32.9 Å². The van der Waals surface area contributed by atoms with Gasteiger partial charge in [0.25, 0.3) is 0 Å². The second-order valence-electron chi connectivity index (χ2n) is 10.0. The number of methoxy groups -OCH3 is 1. The van der Waals surface area contributed by atoms with Crippen LogP contribution < -0.4 is 4.74 Å². The van der Waals surface area contributed by atoms with E-state index < -0.39 is 0 Å². The number of nitrogens with zero attached hydrogens (tertiary/aromatic N) is 3. The molecule has 6 heteroatoms. The number of likely N-dealkylation sites (tertiary alicyclic amines) is 1. The number of amides is 1. The Morgan fingerprint density at radius 2 is 1.82 bits per heavy atom. The van der Waals surface area contributed by atoms with E-state index in [9.17, 15) is 4.79 Å². The summed E-state index contributed by atoms with van der Waals surface area (Å²) in [6.07, 6.45) is 2.11. The van der Waals surface area contributed by atoms with E-state index in [4.69, 9.17) is 9.72 Å². The van der Waals surface area contributed by atoms with Crippen molar-refractivity contribution < 1.29 is 9.53 Å². The van der Waals surface area contributed by atoms with Crippen molar-refractivity contribution >= 4 is 28.7 Å². The van der Waals surface area contributed by atoms with Crippen molar-refractivity contribution in [2.45, 2.75) is 63.1 Å². The van der Waals surface area contributed by atoms with Crippen molar-refractivity contribution in [2.24, 2.45) is 5.92 Å². The Bertz CT molecular complexity index is 1110. The Morgan fingerprint density at radius 1 is 1.12 bits per heavy atom. The first-order valence-corrected chi connectivity index (χ1v) is 12.7. The number of hydrogen-bond donors (Lipinski definition) is 0. The van der Waals surface area contributed by atoms with Gasteiger partial charge in [-0.3, -0.25) is 4.79 Å². The number of carbonyl (C=O) groups is 1. The molecule has 33 heavy (non-hydrogen) atoms. The maximum absolute atomic E-state index is 11.7. The van der Waals surface area contributed by atoms with Crippen LogP contribution >= 0.6 is 11.8 Å². The molecule has 0 radical (unpaired) electrons. The maximum Gasteiger partial charge on any atom is 0.219 e. The van der Waals surface area contributed by atoms with Crippen LogP contribution in [0.4, 0.5) is 0 Å². The van der Waals surface area contributed by atoms with Gasteiger partial charge in [0.05, 0.1) is 18.1 Å². The van der Waals surface area contributed by atoms with Gasteiger partial charge >= 0.3 is 0 Å². The standard InChI is InChI=1S/C27H35N3O2S/c1-19(31)29-14-12-20(13-15-29)17-30-25-11-10-23(16-24(25)28-26(30)27(2,3)4)33-18-21-6-8-22(32-5)9-7-21/h6-11,16,20H,12-15,17-18H2,1-5H3. The van der Waals surface area contributed by atoms with Crippen molar-refractivity contribution in [3.05, 3.63) is 53.9 Å². The SMILES string of the molecule is COc1ccc(CSc2ccc3c(c2)nc(C(C)(C)C)n3CC2CCN(C(C)=O)CC2)cc1. The Morgan fingerprint density at radius 3 is 2.42 bits per heavy atom. The van der Waals surface area contributed by atoms with E-state index in [1.165, 1.54) is 16.0 Å². The maximum atomic E-state index is 11.7. The minimum atomic E-state index is -0.0322. The topological polar surface area (TPSA) is 47.4 Å². The summed E-state index contributed by atoms with van der Waals surface area (Å²) < 4.78 is 7.69. The minimum Gasteiger partial charge on any atom is -0.497 e. The number of ether oxygens (including phenoxy) is 1. The molecule has 2 aromatic carbocycles. The second kappa shape index (κ2) is 9.80. The molecule has 1 saturated heterocycles. The number of fused-ring (bicyclic) bond motifs is 1. The molecular formula is C27H35N3O2S. The first-order valence-electron chi connectivity index (χ1n) is 11.8. The van der Waals surface area contributed by atoms with E-state index in [1.807, 2.05) is 28.8 Å². The number of carbonyl (C=O) groups excluding carboxylic acids is 1. The van der Waals surface area contributed by atoms with E-state index in [1.54, 1.807) is 14.0 Å². The van der Waals surface area contributed by atoms with E-state index >= 15 is 0 Å². The van der Waals surface area contributed by atoms with Crippen LogP contribution in [0.1, 0.15) is 51.9 Å². The molecule has 0 saturated carbocycles. The molecule has 3 aromatic rings. The van der Waals surface area contributed by atoms with Crippen molar-refractivity contribution in [1.82, 2.24) is 14.5 Å². The van der Waals surface area contributed by atoms with E-state index in [-0.39, 0.29) is 11.3 Å². The van der Waals surface area contributed by atoms with Gasteiger partial charge in [-0.2, -0.15) is 0 Å². The first-order chi connectivity index (χ1) is 15.7. The van der Waals surface area contributed by atoms with Gasteiger partial charge in [-0.25, -0.2) is 4.98 Å². The lowest BCUT2D eigenvalue weighted by Crippen LogP contribution is -2.38. The third-order valence-electron chi connectivity index (χ3n) is 6.46. The quantitative estimate of drug-likeness (QED) is 0.426. The van der Waals surface area contributed by atoms with Crippen LogP contribution in [0.15, 0.2) is 47.4 Å². The van der Waals surface area contributed by atoms with E-state index in [0.717, 1.165) is 55.3 Å². The predicted octanol–water partition coefficient (Wildman–Crippen LogP) is 5.89. The molecule has 1 aliphatic rings. The fraction of sp³-hybridized carbons (Fsp3) is 0.481. The van der Waals surface area contributed by atoms with Crippen LogP contribution in [0.25, 0.3) is 11.0 Å². The highest BCUT2D eigenvalue weighted by molar-refractivity contribution is 7.98. The van der Waals surface area contributed by atoms with Gasteiger partial charge in [0.15, 0.2) is 0 Å². The van der Waals surface area contributed by atoms with Crippen LogP contribution in [-0.4, -0.2) is 40.6 Å². The average Bonchev–Trinajstić information content (AvgIpc) is 3.16. The van der Waals surface area contributed by atoms with Crippen LogP contribution in [0.3, 0.4) is 0 Å². The summed E-state index contributed by atoms with van der Waals surface area (Å²) in [5.41, 5.74) is 3.53. The molecule has 4 rings (SSSR count). The lowest BCUT2D eigenvalue weighted by molar-refractivity contribution is -0.130. The van der Waals surface area contributed by atoms with Gasteiger partial charge in [0.2, 0.25) is 5.91 Å². The number of benzene rings is 2. The van der Waals surface area contributed by atoms with E-state index in [2.05, 4.69) is 55.7 Å². The summed E-state index contributed by atoms with van der Waals surface area (Å²) in [7, 11) is 1.69. The summed E-state index contributed by atoms with van der Waals surface area (Å²) in [6.45, 7) is 11.1.